The fraction of sp³-hybridized carbons (Fsp3) is 0.250. The molecule has 0 saturated heterocycles. The van der Waals surface area contributed by atoms with Gasteiger partial charge in [-0.3, -0.25) is 5.10 Å². The molecule has 2 aromatic rings. The van der Waals surface area contributed by atoms with Crippen molar-refractivity contribution in [3.63, 3.8) is 0 Å². The monoisotopic (exact) mass is 235 g/mol. The van der Waals surface area contributed by atoms with E-state index in [2.05, 4.69) is 15.5 Å². The number of aromatic nitrogens is 2. The van der Waals surface area contributed by atoms with Crippen LogP contribution in [0.3, 0.4) is 0 Å². The first-order valence-corrected chi connectivity index (χ1v) is 5.62. The van der Waals surface area contributed by atoms with E-state index >= 15 is 0 Å². The van der Waals surface area contributed by atoms with Crippen LogP contribution in [0.4, 0.5) is 0 Å². The third kappa shape index (κ3) is 2.26. The van der Waals surface area contributed by atoms with Crippen molar-refractivity contribution in [1.29, 1.82) is 0 Å². The van der Waals surface area contributed by atoms with E-state index in [1.165, 1.54) is 5.56 Å². The second-order valence-electron chi connectivity index (χ2n) is 3.60. The number of nitrogens with one attached hydrogen (secondary N) is 2. The number of H-pyrrole nitrogens is 1. The molecule has 0 aliphatic carbocycles. The summed E-state index contributed by atoms with van der Waals surface area (Å²) in [4.78, 5) is 0. The van der Waals surface area contributed by atoms with Gasteiger partial charge in [0.05, 0.1) is 11.9 Å². The van der Waals surface area contributed by atoms with Crippen LogP contribution >= 0.6 is 11.6 Å². The van der Waals surface area contributed by atoms with Gasteiger partial charge in [0.25, 0.3) is 0 Å². The SMILES string of the molecule is CNCCc1cn[nH]c1-c1ccccc1Cl. The highest BCUT2D eigenvalue weighted by molar-refractivity contribution is 6.33. The molecule has 0 radical (unpaired) electrons. The summed E-state index contributed by atoms with van der Waals surface area (Å²) in [6, 6.07) is 7.79. The van der Waals surface area contributed by atoms with Crippen molar-refractivity contribution in [3.05, 3.63) is 41.0 Å². The molecule has 1 aromatic heterocycles. The molecule has 0 aliphatic heterocycles. The Morgan fingerprint density at radius 3 is 2.94 bits per heavy atom. The van der Waals surface area contributed by atoms with Crippen LogP contribution in [0.1, 0.15) is 5.56 Å². The Morgan fingerprint density at radius 1 is 1.38 bits per heavy atom. The second-order valence-corrected chi connectivity index (χ2v) is 4.01. The number of benzene rings is 1. The number of likely N-dealkylation sites (N-methyl/N-ethyl adjacent to an activating group) is 1. The summed E-state index contributed by atoms with van der Waals surface area (Å²) in [5, 5.41) is 11.0. The lowest BCUT2D eigenvalue weighted by atomic mass is 10.1. The van der Waals surface area contributed by atoms with E-state index in [9.17, 15) is 0 Å². The fourth-order valence-electron chi connectivity index (χ4n) is 1.66. The predicted octanol–water partition coefficient (Wildman–Crippen LogP) is 2.49. The van der Waals surface area contributed by atoms with Gasteiger partial charge < -0.3 is 5.32 Å². The Kier molecular flexibility index (Phi) is 3.59. The van der Waals surface area contributed by atoms with Gasteiger partial charge in [-0.25, -0.2) is 0 Å². The van der Waals surface area contributed by atoms with E-state index in [4.69, 9.17) is 11.6 Å². The van der Waals surface area contributed by atoms with Gasteiger partial charge in [-0.2, -0.15) is 5.10 Å². The summed E-state index contributed by atoms with van der Waals surface area (Å²) < 4.78 is 0. The van der Waals surface area contributed by atoms with Crippen molar-refractivity contribution in [1.82, 2.24) is 15.5 Å². The third-order valence-electron chi connectivity index (χ3n) is 2.51. The Morgan fingerprint density at radius 2 is 2.19 bits per heavy atom. The van der Waals surface area contributed by atoms with E-state index in [-0.39, 0.29) is 0 Å². The summed E-state index contributed by atoms with van der Waals surface area (Å²) in [7, 11) is 1.94. The number of hydrogen-bond donors (Lipinski definition) is 2. The molecule has 0 bridgehead atoms. The zero-order valence-corrected chi connectivity index (χ0v) is 9.88. The topological polar surface area (TPSA) is 40.7 Å². The summed E-state index contributed by atoms with van der Waals surface area (Å²) >= 11 is 6.16. The molecule has 0 fully saturated rings. The summed E-state index contributed by atoms with van der Waals surface area (Å²) in [6.07, 6.45) is 2.80. The van der Waals surface area contributed by atoms with Gasteiger partial charge in [0.15, 0.2) is 0 Å². The maximum atomic E-state index is 6.16. The number of hydrogen-bond acceptors (Lipinski definition) is 2. The van der Waals surface area contributed by atoms with Crippen LogP contribution in [-0.2, 0) is 6.42 Å². The zero-order chi connectivity index (χ0) is 11.4. The van der Waals surface area contributed by atoms with Crippen LogP contribution in [0.25, 0.3) is 11.3 Å². The standard InChI is InChI=1S/C12H14ClN3/c1-14-7-6-9-8-15-16-12(9)10-4-2-3-5-11(10)13/h2-5,8,14H,6-7H2,1H3,(H,15,16). The zero-order valence-electron chi connectivity index (χ0n) is 9.13. The van der Waals surface area contributed by atoms with Crippen molar-refractivity contribution < 1.29 is 0 Å². The predicted molar refractivity (Wildman–Crippen MR) is 66.7 cm³/mol. The number of halogens is 1. The first-order chi connectivity index (χ1) is 7.83. The Balaban J connectivity index is 2.33. The molecule has 0 spiro atoms. The van der Waals surface area contributed by atoms with E-state index in [1.807, 2.05) is 37.5 Å². The first-order valence-electron chi connectivity index (χ1n) is 5.24. The van der Waals surface area contributed by atoms with Crippen LogP contribution in [0.15, 0.2) is 30.5 Å². The molecule has 1 aromatic carbocycles. The molecule has 2 rings (SSSR count). The lowest BCUT2D eigenvalue weighted by molar-refractivity contribution is 0.793. The molecule has 2 N–H and O–H groups in total. The molecule has 0 atom stereocenters. The highest BCUT2D eigenvalue weighted by atomic mass is 35.5. The highest BCUT2D eigenvalue weighted by Gasteiger charge is 2.09. The van der Waals surface area contributed by atoms with E-state index < -0.39 is 0 Å². The van der Waals surface area contributed by atoms with Gasteiger partial charge in [-0.1, -0.05) is 29.8 Å². The van der Waals surface area contributed by atoms with E-state index in [0.717, 1.165) is 29.2 Å². The molecule has 1 heterocycles. The average Bonchev–Trinajstić information content (AvgIpc) is 2.75. The molecule has 0 saturated carbocycles. The maximum Gasteiger partial charge on any atom is 0.0697 e. The minimum Gasteiger partial charge on any atom is -0.319 e. The number of aromatic amines is 1. The van der Waals surface area contributed by atoms with Gasteiger partial charge in [0.1, 0.15) is 0 Å². The van der Waals surface area contributed by atoms with Gasteiger partial charge in [0.2, 0.25) is 0 Å². The summed E-state index contributed by atoms with van der Waals surface area (Å²) in [5.74, 6) is 0. The Bertz CT molecular complexity index is 465. The van der Waals surface area contributed by atoms with Crippen molar-refractivity contribution in [2.45, 2.75) is 6.42 Å². The van der Waals surface area contributed by atoms with Crippen molar-refractivity contribution >= 4 is 11.6 Å². The van der Waals surface area contributed by atoms with Gasteiger partial charge in [-0.15, -0.1) is 0 Å². The van der Waals surface area contributed by atoms with Gasteiger partial charge >= 0.3 is 0 Å². The highest BCUT2D eigenvalue weighted by Crippen LogP contribution is 2.28. The molecule has 84 valence electrons. The molecular formula is C12H14ClN3. The van der Waals surface area contributed by atoms with Gasteiger partial charge in [-0.05, 0) is 31.6 Å². The Hall–Kier alpha value is -1.32. The molecule has 16 heavy (non-hydrogen) atoms. The van der Waals surface area contributed by atoms with Gasteiger partial charge in [0, 0.05) is 10.6 Å². The molecule has 0 amide bonds. The van der Waals surface area contributed by atoms with Crippen molar-refractivity contribution in [3.8, 4) is 11.3 Å². The van der Waals surface area contributed by atoms with Crippen LogP contribution in [-0.4, -0.2) is 23.8 Å². The molecule has 3 nitrogen and oxygen atoms in total. The lowest BCUT2D eigenvalue weighted by Crippen LogP contribution is -2.10. The lowest BCUT2D eigenvalue weighted by Gasteiger charge is -2.04. The summed E-state index contributed by atoms with van der Waals surface area (Å²) in [6.45, 7) is 0.928. The summed E-state index contributed by atoms with van der Waals surface area (Å²) in [5.41, 5.74) is 3.20. The largest absolute Gasteiger partial charge is 0.319 e. The molecule has 4 heteroatoms. The minimum absolute atomic E-state index is 0.748. The first kappa shape index (κ1) is 11.2. The normalized spacial score (nSPS) is 10.6. The smallest absolute Gasteiger partial charge is 0.0697 e. The molecule has 0 unspecified atom stereocenters. The molecular weight excluding hydrogens is 222 g/mol. The van der Waals surface area contributed by atoms with Crippen LogP contribution < -0.4 is 5.32 Å². The fourth-order valence-corrected chi connectivity index (χ4v) is 1.89. The quantitative estimate of drug-likeness (QED) is 0.855. The van der Waals surface area contributed by atoms with E-state index in [0.29, 0.717) is 0 Å². The third-order valence-corrected chi connectivity index (χ3v) is 2.83. The Labute approximate surface area is 99.8 Å². The number of nitrogens with zero attached hydrogens (tertiary/aromatic N) is 1. The molecule has 0 aliphatic rings. The van der Waals surface area contributed by atoms with Crippen LogP contribution in [0, 0.1) is 0 Å². The maximum absolute atomic E-state index is 6.16. The van der Waals surface area contributed by atoms with Crippen LogP contribution in [0.5, 0.6) is 0 Å². The second kappa shape index (κ2) is 5.14. The minimum atomic E-state index is 0.748. The number of rotatable bonds is 4. The van der Waals surface area contributed by atoms with E-state index in [1.54, 1.807) is 0 Å². The van der Waals surface area contributed by atoms with Crippen molar-refractivity contribution in [2.75, 3.05) is 13.6 Å². The average molecular weight is 236 g/mol. The van der Waals surface area contributed by atoms with Crippen molar-refractivity contribution in [2.24, 2.45) is 0 Å². The van der Waals surface area contributed by atoms with Crippen LogP contribution in [0.2, 0.25) is 5.02 Å².